The van der Waals surface area contributed by atoms with E-state index in [0.29, 0.717) is 10.9 Å². The van der Waals surface area contributed by atoms with Crippen molar-refractivity contribution in [3.63, 3.8) is 0 Å². The van der Waals surface area contributed by atoms with Gasteiger partial charge in [0, 0.05) is 10.9 Å². The van der Waals surface area contributed by atoms with Gasteiger partial charge in [0.2, 0.25) is 0 Å². The number of rotatable bonds is 2. The Hall–Kier alpha value is -0.430. The molecule has 0 aliphatic heterocycles. The molecule has 0 amide bonds. The van der Waals surface area contributed by atoms with Crippen LogP contribution in [0.4, 0.5) is 0 Å². The van der Waals surface area contributed by atoms with E-state index in [-0.39, 0.29) is 0 Å². The normalized spacial score (nSPS) is 13.5. The Morgan fingerprint density at radius 1 is 1.09 bits per heavy atom. The predicted molar refractivity (Wildman–Crippen MR) is 53.1 cm³/mol. The lowest BCUT2D eigenvalue weighted by molar-refractivity contribution is 1.09. The van der Waals surface area contributed by atoms with E-state index in [4.69, 9.17) is 0 Å². The monoisotopic (exact) mass is 167 g/mol. The molecule has 0 N–H and O–H groups in total. The first-order valence-corrected chi connectivity index (χ1v) is 5.61. The lowest BCUT2D eigenvalue weighted by atomic mass is 10.4. The van der Waals surface area contributed by atoms with E-state index >= 15 is 0 Å². The second kappa shape index (κ2) is 3.82. The van der Waals surface area contributed by atoms with Crippen LogP contribution in [0.5, 0.6) is 0 Å². The van der Waals surface area contributed by atoms with Gasteiger partial charge in [0.1, 0.15) is 11.5 Å². The lowest BCUT2D eigenvalue weighted by Gasteiger charge is -2.04. The van der Waals surface area contributed by atoms with Gasteiger partial charge in [-0.2, -0.15) is 0 Å². The maximum absolute atomic E-state index is 2.31. The van der Waals surface area contributed by atoms with Crippen LogP contribution >= 0.6 is 0 Å². The fourth-order valence-electron chi connectivity index (χ4n) is 0.907. The molecular weight excluding hydrogens is 152 g/mol. The van der Waals surface area contributed by atoms with E-state index in [9.17, 15) is 0 Å². The van der Waals surface area contributed by atoms with E-state index in [1.54, 1.807) is 0 Å². The lowest BCUT2D eigenvalue weighted by Crippen LogP contribution is -2.12. The maximum atomic E-state index is 2.31. The first kappa shape index (κ1) is 8.66. The predicted octanol–water partition coefficient (Wildman–Crippen LogP) is 2.70. The smallest absolute Gasteiger partial charge is 0.0619 e. The van der Waals surface area contributed by atoms with E-state index < -0.39 is 0 Å². The minimum Gasteiger partial charge on any atom is -0.0619 e. The van der Waals surface area contributed by atoms with Gasteiger partial charge in [-0.15, -0.1) is 0 Å². The minimum absolute atomic E-state index is 0.415. The van der Waals surface area contributed by atoms with Gasteiger partial charge >= 0.3 is 0 Å². The van der Waals surface area contributed by atoms with Crippen LogP contribution in [0.15, 0.2) is 35.2 Å². The summed E-state index contributed by atoms with van der Waals surface area (Å²) >= 11 is 0. The second-order valence-electron chi connectivity index (χ2n) is 2.92. The highest BCUT2D eigenvalue weighted by Crippen LogP contribution is 2.14. The molecule has 1 heteroatoms. The number of hydrogen-bond donors (Lipinski definition) is 0. The van der Waals surface area contributed by atoms with Crippen molar-refractivity contribution in [3.05, 3.63) is 30.3 Å². The fourth-order valence-corrected chi connectivity index (χ4v) is 2.04. The van der Waals surface area contributed by atoms with Crippen molar-refractivity contribution in [3.8, 4) is 0 Å². The topological polar surface area (TPSA) is 0 Å². The average Bonchev–Trinajstić information content (AvgIpc) is 2.05. The molecule has 0 spiro atoms. The zero-order chi connectivity index (χ0) is 8.27. The van der Waals surface area contributed by atoms with Crippen LogP contribution in [0.3, 0.4) is 0 Å². The molecule has 0 saturated carbocycles. The van der Waals surface area contributed by atoms with Gasteiger partial charge in [-0.3, -0.25) is 0 Å². The summed E-state index contributed by atoms with van der Waals surface area (Å²) in [5.74, 6) is 0. The van der Waals surface area contributed by atoms with E-state index in [0.717, 1.165) is 5.25 Å². The molecule has 11 heavy (non-hydrogen) atoms. The molecule has 0 saturated heterocycles. The Bertz CT molecular complexity index is 203. The molecule has 1 rings (SSSR count). The highest BCUT2D eigenvalue weighted by atomic mass is 32.2. The van der Waals surface area contributed by atoms with Crippen LogP contribution in [0, 0.1) is 0 Å². The number of hydrogen-bond acceptors (Lipinski definition) is 0. The molecular formula is C10H15S+. The summed E-state index contributed by atoms with van der Waals surface area (Å²) in [7, 11) is 0.415. The maximum Gasteiger partial charge on any atom is 0.154 e. The highest BCUT2D eigenvalue weighted by Gasteiger charge is 2.18. The van der Waals surface area contributed by atoms with Crippen LogP contribution in [0.2, 0.25) is 0 Å². The van der Waals surface area contributed by atoms with Crippen LogP contribution in [-0.2, 0) is 10.9 Å². The Morgan fingerprint density at radius 2 is 1.64 bits per heavy atom. The molecule has 1 unspecified atom stereocenters. The van der Waals surface area contributed by atoms with Gasteiger partial charge in [0.25, 0.3) is 0 Å². The van der Waals surface area contributed by atoms with Crippen molar-refractivity contribution < 1.29 is 0 Å². The van der Waals surface area contributed by atoms with Gasteiger partial charge < -0.3 is 0 Å². The van der Waals surface area contributed by atoms with Crippen molar-refractivity contribution >= 4 is 10.9 Å². The van der Waals surface area contributed by atoms with Crippen molar-refractivity contribution in [2.45, 2.75) is 24.0 Å². The van der Waals surface area contributed by atoms with E-state index in [1.807, 2.05) is 0 Å². The SMILES string of the molecule is CC(C)[S+](C)c1ccccc1. The fraction of sp³-hybridized carbons (Fsp3) is 0.400. The van der Waals surface area contributed by atoms with Crippen molar-refractivity contribution in [1.29, 1.82) is 0 Å². The largest absolute Gasteiger partial charge is 0.154 e. The molecule has 1 aromatic rings. The Labute approximate surface area is 72.0 Å². The van der Waals surface area contributed by atoms with Crippen molar-refractivity contribution in [1.82, 2.24) is 0 Å². The Balaban J connectivity index is 2.77. The summed E-state index contributed by atoms with van der Waals surface area (Å²) < 4.78 is 0. The first-order valence-electron chi connectivity index (χ1n) is 3.91. The summed E-state index contributed by atoms with van der Waals surface area (Å²) in [5.41, 5.74) is 0. The van der Waals surface area contributed by atoms with Crippen LogP contribution in [-0.4, -0.2) is 11.5 Å². The Kier molecular flexibility index (Phi) is 3.01. The second-order valence-corrected chi connectivity index (χ2v) is 5.45. The van der Waals surface area contributed by atoms with Gasteiger partial charge in [-0.05, 0) is 26.0 Å². The molecule has 0 radical (unpaired) electrons. The summed E-state index contributed by atoms with van der Waals surface area (Å²) in [6.45, 7) is 4.55. The standard InChI is InChI=1S/C10H15S/c1-9(2)11(3)10-7-5-4-6-8-10/h4-9H,1-3H3/q+1. The average molecular weight is 167 g/mol. The summed E-state index contributed by atoms with van der Waals surface area (Å²) in [6.07, 6.45) is 2.31. The van der Waals surface area contributed by atoms with E-state index in [1.165, 1.54) is 4.90 Å². The molecule has 1 atom stereocenters. The summed E-state index contributed by atoms with van der Waals surface area (Å²) in [5, 5.41) is 0.761. The third-order valence-corrected chi connectivity index (χ3v) is 4.25. The molecule has 0 aliphatic rings. The third kappa shape index (κ3) is 2.26. The molecule has 0 nitrogen and oxygen atoms in total. The summed E-state index contributed by atoms with van der Waals surface area (Å²) in [6, 6.07) is 10.7. The van der Waals surface area contributed by atoms with Crippen LogP contribution in [0.1, 0.15) is 13.8 Å². The van der Waals surface area contributed by atoms with Crippen molar-refractivity contribution in [2.75, 3.05) is 6.26 Å². The van der Waals surface area contributed by atoms with Gasteiger partial charge in [-0.25, -0.2) is 0 Å². The van der Waals surface area contributed by atoms with Gasteiger partial charge in [0.05, 0.1) is 0 Å². The molecule has 0 fully saturated rings. The van der Waals surface area contributed by atoms with Crippen LogP contribution < -0.4 is 0 Å². The van der Waals surface area contributed by atoms with Gasteiger partial charge in [-0.1, -0.05) is 18.2 Å². The highest BCUT2D eigenvalue weighted by molar-refractivity contribution is 7.96. The van der Waals surface area contributed by atoms with E-state index in [2.05, 4.69) is 50.4 Å². The number of benzene rings is 1. The molecule has 0 aromatic heterocycles. The quantitative estimate of drug-likeness (QED) is 0.594. The van der Waals surface area contributed by atoms with Crippen LogP contribution in [0.25, 0.3) is 0 Å². The third-order valence-electron chi connectivity index (χ3n) is 1.82. The molecule has 1 aromatic carbocycles. The minimum atomic E-state index is 0.415. The molecule has 0 aliphatic carbocycles. The van der Waals surface area contributed by atoms with Crippen molar-refractivity contribution in [2.24, 2.45) is 0 Å². The zero-order valence-corrected chi connectivity index (χ0v) is 8.19. The first-order chi connectivity index (χ1) is 5.22. The summed E-state index contributed by atoms with van der Waals surface area (Å²) in [4.78, 5) is 1.47. The molecule has 60 valence electrons. The Morgan fingerprint density at radius 3 is 2.09 bits per heavy atom. The zero-order valence-electron chi connectivity index (χ0n) is 7.37. The van der Waals surface area contributed by atoms with Gasteiger partial charge in [0.15, 0.2) is 4.90 Å². The molecule has 0 bridgehead atoms. The molecule has 0 heterocycles.